The highest BCUT2D eigenvalue weighted by molar-refractivity contribution is 7.21. The van der Waals surface area contributed by atoms with Crippen molar-refractivity contribution in [1.29, 1.82) is 0 Å². The molecular formula is C18H16FN3O2S. The van der Waals surface area contributed by atoms with Crippen LogP contribution < -0.4 is 10.6 Å². The maximum atomic E-state index is 13.3. The van der Waals surface area contributed by atoms with Gasteiger partial charge < -0.3 is 10.6 Å². The SMILES string of the molecule is CC(=O)NCCNC(=O)c1ccc(-c2nc3cc(F)ccc3s2)cc1. The van der Waals surface area contributed by atoms with E-state index >= 15 is 0 Å². The molecule has 128 valence electrons. The predicted molar refractivity (Wildman–Crippen MR) is 96.0 cm³/mol. The normalized spacial score (nSPS) is 10.6. The summed E-state index contributed by atoms with van der Waals surface area (Å²) in [5.41, 5.74) is 2.02. The topological polar surface area (TPSA) is 71.1 Å². The smallest absolute Gasteiger partial charge is 0.251 e. The minimum Gasteiger partial charge on any atom is -0.355 e. The summed E-state index contributed by atoms with van der Waals surface area (Å²) in [7, 11) is 0. The number of halogens is 1. The number of hydrogen-bond donors (Lipinski definition) is 2. The summed E-state index contributed by atoms with van der Waals surface area (Å²) in [6.07, 6.45) is 0. The Morgan fingerprint density at radius 3 is 2.52 bits per heavy atom. The third kappa shape index (κ3) is 4.19. The van der Waals surface area contributed by atoms with Crippen LogP contribution in [0.5, 0.6) is 0 Å². The highest BCUT2D eigenvalue weighted by Crippen LogP contribution is 2.30. The predicted octanol–water partition coefficient (Wildman–Crippen LogP) is 2.97. The average molecular weight is 357 g/mol. The summed E-state index contributed by atoms with van der Waals surface area (Å²) in [4.78, 5) is 27.2. The monoisotopic (exact) mass is 357 g/mol. The van der Waals surface area contributed by atoms with Crippen LogP contribution >= 0.6 is 11.3 Å². The number of nitrogens with one attached hydrogen (secondary N) is 2. The Balaban J connectivity index is 1.68. The average Bonchev–Trinajstić information content (AvgIpc) is 3.01. The molecule has 0 fully saturated rings. The van der Waals surface area contributed by atoms with Crippen LogP contribution in [-0.4, -0.2) is 29.9 Å². The quantitative estimate of drug-likeness (QED) is 0.690. The molecule has 2 N–H and O–H groups in total. The molecule has 1 aromatic heterocycles. The number of thiazole rings is 1. The number of benzene rings is 2. The number of nitrogens with zero attached hydrogens (tertiary/aromatic N) is 1. The second-order valence-electron chi connectivity index (χ2n) is 5.45. The van der Waals surface area contributed by atoms with Crippen LogP contribution in [0.15, 0.2) is 42.5 Å². The summed E-state index contributed by atoms with van der Waals surface area (Å²) in [5.74, 6) is -0.645. The van der Waals surface area contributed by atoms with E-state index in [2.05, 4.69) is 15.6 Å². The molecule has 0 radical (unpaired) electrons. The van der Waals surface area contributed by atoms with E-state index in [0.29, 0.717) is 24.2 Å². The molecule has 0 bridgehead atoms. The molecule has 0 spiro atoms. The first-order chi connectivity index (χ1) is 12.0. The number of aromatic nitrogens is 1. The number of carbonyl (C=O) groups is 2. The molecule has 25 heavy (non-hydrogen) atoms. The fourth-order valence-corrected chi connectivity index (χ4v) is 3.26. The van der Waals surface area contributed by atoms with Crippen molar-refractivity contribution in [2.45, 2.75) is 6.92 Å². The summed E-state index contributed by atoms with van der Waals surface area (Å²) >= 11 is 1.47. The summed E-state index contributed by atoms with van der Waals surface area (Å²) < 4.78 is 14.2. The van der Waals surface area contributed by atoms with Gasteiger partial charge in [0.2, 0.25) is 5.91 Å². The van der Waals surface area contributed by atoms with Gasteiger partial charge in [-0.25, -0.2) is 9.37 Å². The van der Waals surface area contributed by atoms with Crippen LogP contribution in [-0.2, 0) is 4.79 Å². The molecule has 0 aliphatic carbocycles. The summed E-state index contributed by atoms with van der Waals surface area (Å²) in [5, 5.41) is 6.12. The van der Waals surface area contributed by atoms with Gasteiger partial charge >= 0.3 is 0 Å². The first-order valence-corrected chi connectivity index (χ1v) is 8.54. The van der Waals surface area contributed by atoms with E-state index < -0.39 is 0 Å². The molecule has 0 unspecified atom stereocenters. The maximum absolute atomic E-state index is 13.3. The van der Waals surface area contributed by atoms with Crippen molar-refractivity contribution in [3.63, 3.8) is 0 Å². The van der Waals surface area contributed by atoms with E-state index in [-0.39, 0.29) is 17.6 Å². The van der Waals surface area contributed by atoms with Gasteiger partial charge in [-0.3, -0.25) is 9.59 Å². The lowest BCUT2D eigenvalue weighted by atomic mass is 10.1. The molecule has 0 saturated heterocycles. The number of hydrogen-bond acceptors (Lipinski definition) is 4. The number of rotatable bonds is 5. The molecule has 3 aromatic rings. The third-order valence-electron chi connectivity index (χ3n) is 3.53. The Morgan fingerprint density at radius 2 is 1.80 bits per heavy atom. The van der Waals surface area contributed by atoms with Gasteiger partial charge in [-0.1, -0.05) is 12.1 Å². The second kappa shape index (κ2) is 7.40. The van der Waals surface area contributed by atoms with Crippen LogP contribution in [0.2, 0.25) is 0 Å². The van der Waals surface area contributed by atoms with E-state index in [1.54, 1.807) is 18.2 Å². The third-order valence-corrected chi connectivity index (χ3v) is 4.61. The molecule has 5 nitrogen and oxygen atoms in total. The van der Waals surface area contributed by atoms with Crippen molar-refractivity contribution in [3.05, 3.63) is 53.8 Å². The maximum Gasteiger partial charge on any atom is 0.251 e. The van der Waals surface area contributed by atoms with Crippen molar-refractivity contribution in [3.8, 4) is 10.6 Å². The zero-order chi connectivity index (χ0) is 17.8. The van der Waals surface area contributed by atoms with Crippen molar-refractivity contribution in [2.75, 3.05) is 13.1 Å². The van der Waals surface area contributed by atoms with Gasteiger partial charge in [0.25, 0.3) is 5.91 Å². The van der Waals surface area contributed by atoms with Gasteiger partial charge in [0, 0.05) is 37.2 Å². The van der Waals surface area contributed by atoms with E-state index in [1.165, 1.54) is 30.4 Å². The van der Waals surface area contributed by atoms with E-state index in [0.717, 1.165) is 15.3 Å². The molecule has 2 aromatic carbocycles. The van der Waals surface area contributed by atoms with Crippen LogP contribution in [0.1, 0.15) is 17.3 Å². The minimum absolute atomic E-state index is 0.130. The van der Waals surface area contributed by atoms with Crippen molar-refractivity contribution in [2.24, 2.45) is 0 Å². The molecule has 0 atom stereocenters. The molecule has 0 aliphatic heterocycles. The van der Waals surface area contributed by atoms with Gasteiger partial charge in [0.05, 0.1) is 10.2 Å². The molecule has 0 aliphatic rings. The zero-order valence-electron chi connectivity index (χ0n) is 13.5. The van der Waals surface area contributed by atoms with Gasteiger partial charge in [0.1, 0.15) is 10.8 Å². The molecule has 0 saturated carbocycles. The van der Waals surface area contributed by atoms with Crippen LogP contribution in [0, 0.1) is 5.82 Å². The highest BCUT2D eigenvalue weighted by Gasteiger charge is 2.09. The summed E-state index contributed by atoms with van der Waals surface area (Å²) in [6, 6.07) is 11.6. The lowest BCUT2D eigenvalue weighted by Crippen LogP contribution is -2.33. The van der Waals surface area contributed by atoms with Gasteiger partial charge in [-0.15, -0.1) is 11.3 Å². The largest absolute Gasteiger partial charge is 0.355 e. The van der Waals surface area contributed by atoms with Gasteiger partial charge in [-0.05, 0) is 24.3 Å². The first kappa shape index (κ1) is 17.0. The Labute approximate surface area is 147 Å². The molecule has 1 heterocycles. The van der Waals surface area contributed by atoms with Crippen molar-refractivity contribution in [1.82, 2.24) is 15.6 Å². The van der Waals surface area contributed by atoms with Gasteiger partial charge in [-0.2, -0.15) is 0 Å². The van der Waals surface area contributed by atoms with Crippen LogP contribution in [0.4, 0.5) is 4.39 Å². The molecular weight excluding hydrogens is 341 g/mol. The lowest BCUT2D eigenvalue weighted by Gasteiger charge is -2.06. The van der Waals surface area contributed by atoms with E-state index in [9.17, 15) is 14.0 Å². The molecule has 2 amide bonds. The fourth-order valence-electron chi connectivity index (χ4n) is 2.30. The first-order valence-electron chi connectivity index (χ1n) is 7.72. The van der Waals surface area contributed by atoms with E-state index in [1.807, 2.05) is 12.1 Å². The Hall–Kier alpha value is -2.80. The molecule has 3 rings (SSSR count). The molecule has 7 heteroatoms. The Bertz CT molecular complexity index is 922. The van der Waals surface area contributed by atoms with E-state index in [4.69, 9.17) is 0 Å². The lowest BCUT2D eigenvalue weighted by molar-refractivity contribution is -0.118. The Kier molecular flexibility index (Phi) is 5.04. The van der Waals surface area contributed by atoms with Crippen molar-refractivity contribution < 1.29 is 14.0 Å². The fraction of sp³-hybridized carbons (Fsp3) is 0.167. The Morgan fingerprint density at radius 1 is 1.08 bits per heavy atom. The standard InChI is InChI=1S/C18H16FN3O2S/c1-11(23)20-8-9-21-17(24)12-2-4-13(5-3-12)18-22-15-10-14(19)6-7-16(15)25-18/h2-7,10H,8-9H2,1H3,(H,20,23)(H,21,24). The second-order valence-corrected chi connectivity index (χ2v) is 6.48. The number of fused-ring (bicyclic) bond motifs is 1. The zero-order valence-corrected chi connectivity index (χ0v) is 14.3. The van der Waals surface area contributed by atoms with Crippen molar-refractivity contribution >= 4 is 33.4 Å². The van der Waals surface area contributed by atoms with Crippen LogP contribution in [0.25, 0.3) is 20.8 Å². The van der Waals surface area contributed by atoms with Gasteiger partial charge in [0.15, 0.2) is 0 Å². The number of amides is 2. The highest BCUT2D eigenvalue weighted by atomic mass is 32.1. The minimum atomic E-state index is -0.310. The summed E-state index contributed by atoms with van der Waals surface area (Å²) in [6.45, 7) is 2.18. The number of carbonyl (C=O) groups excluding carboxylic acids is 2. The van der Waals surface area contributed by atoms with Crippen LogP contribution in [0.3, 0.4) is 0 Å².